The van der Waals surface area contributed by atoms with E-state index < -0.39 is 0 Å². The van der Waals surface area contributed by atoms with E-state index in [1.54, 1.807) is 0 Å². The molecule has 1 saturated carbocycles. The van der Waals surface area contributed by atoms with Crippen molar-refractivity contribution in [2.45, 2.75) is 39.5 Å². The van der Waals surface area contributed by atoms with Crippen LogP contribution < -0.4 is 0 Å². The Kier molecular flexibility index (Phi) is 3.65. The molecule has 1 heteroatoms. The molecule has 1 aliphatic carbocycles. The van der Waals surface area contributed by atoms with Crippen molar-refractivity contribution in [3.8, 4) is 11.3 Å². The molecular weight excluding hydrogens is 278 g/mol. The van der Waals surface area contributed by atoms with Gasteiger partial charge in [-0.25, -0.2) is 4.98 Å². The smallest absolute Gasteiger partial charge is 0.0712 e. The molecule has 0 bridgehead atoms. The second kappa shape index (κ2) is 5.81. The Hall–Kier alpha value is -2.15. The topological polar surface area (TPSA) is 12.9 Å². The maximum atomic E-state index is 4.94. The van der Waals surface area contributed by atoms with Gasteiger partial charge in [-0.15, -0.1) is 0 Å². The van der Waals surface area contributed by atoms with Gasteiger partial charge < -0.3 is 0 Å². The molecule has 4 rings (SSSR count). The van der Waals surface area contributed by atoms with Crippen molar-refractivity contribution in [1.82, 2.24) is 4.98 Å². The zero-order valence-electron chi connectivity index (χ0n) is 14.0. The minimum absolute atomic E-state index is 0.889. The van der Waals surface area contributed by atoms with Crippen molar-refractivity contribution in [1.29, 1.82) is 0 Å². The predicted octanol–water partition coefficient (Wildman–Crippen LogP) is 5.86. The van der Waals surface area contributed by atoms with E-state index in [2.05, 4.69) is 62.4 Å². The number of aryl methyl sites for hydroxylation is 2. The number of aromatic nitrogens is 1. The summed E-state index contributed by atoms with van der Waals surface area (Å²) in [6.07, 6.45) is 5.40. The average molecular weight is 301 g/mol. The summed E-state index contributed by atoms with van der Waals surface area (Å²) in [5, 5.41) is 1.33. The first-order valence-corrected chi connectivity index (χ1v) is 8.66. The van der Waals surface area contributed by atoms with Crippen LogP contribution in [0.25, 0.3) is 22.2 Å². The number of hydrogen-bond acceptors (Lipinski definition) is 1. The zero-order chi connectivity index (χ0) is 15.8. The van der Waals surface area contributed by atoms with Gasteiger partial charge in [-0.1, -0.05) is 54.7 Å². The van der Waals surface area contributed by atoms with Gasteiger partial charge in [0.15, 0.2) is 0 Å². The fourth-order valence-electron chi connectivity index (χ4n) is 3.69. The van der Waals surface area contributed by atoms with Crippen LogP contribution in [-0.4, -0.2) is 4.98 Å². The van der Waals surface area contributed by atoms with Crippen molar-refractivity contribution in [3.05, 3.63) is 65.2 Å². The summed E-state index contributed by atoms with van der Waals surface area (Å²) >= 11 is 0. The first kappa shape index (κ1) is 14.4. The monoisotopic (exact) mass is 301 g/mol. The molecule has 0 aliphatic heterocycles. The van der Waals surface area contributed by atoms with Gasteiger partial charge in [-0.05, 0) is 56.0 Å². The van der Waals surface area contributed by atoms with E-state index in [1.165, 1.54) is 53.3 Å². The molecule has 23 heavy (non-hydrogen) atoms. The predicted molar refractivity (Wildman–Crippen MR) is 97.7 cm³/mol. The highest BCUT2D eigenvalue weighted by Gasteiger charge is 2.18. The van der Waals surface area contributed by atoms with Crippen LogP contribution >= 0.6 is 0 Å². The Morgan fingerprint density at radius 2 is 1.74 bits per heavy atom. The summed E-state index contributed by atoms with van der Waals surface area (Å²) in [5.74, 6) is 0.889. The number of fused-ring (bicyclic) bond motifs is 1. The molecule has 1 aliphatic rings. The lowest BCUT2D eigenvalue weighted by atomic mass is 9.80. The maximum absolute atomic E-state index is 4.94. The van der Waals surface area contributed by atoms with E-state index in [4.69, 9.17) is 4.98 Å². The van der Waals surface area contributed by atoms with Crippen molar-refractivity contribution in [2.75, 3.05) is 0 Å². The van der Waals surface area contributed by atoms with Crippen molar-refractivity contribution in [3.63, 3.8) is 0 Å². The van der Waals surface area contributed by atoms with Crippen molar-refractivity contribution in [2.24, 2.45) is 5.92 Å². The van der Waals surface area contributed by atoms with E-state index in [0.29, 0.717) is 0 Å². The molecule has 0 amide bonds. The molecular formula is C22H23N. The first-order valence-electron chi connectivity index (χ1n) is 8.66. The molecule has 1 fully saturated rings. The summed E-state index contributed by atoms with van der Waals surface area (Å²) in [6, 6.07) is 17.7. The molecule has 1 nitrogen and oxygen atoms in total. The molecule has 116 valence electrons. The SMILES string of the molecule is Cc1cc(C)cc(-c2ccc3c(CC4CCC4)cccc3n2)c1. The van der Waals surface area contributed by atoms with Crippen LogP contribution in [-0.2, 0) is 6.42 Å². The number of nitrogens with zero attached hydrogens (tertiary/aromatic N) is 1. The molecule has 1 heterocycles. The highest BCUT2D eigenvalue weighted by molar-refractivity contribution is 5.84. The molecule has 0 spiro atoms. The van der Waals surface area contributed by atoms with E-state index >= 15 is 0 Å². The third kappa shape index (κ3) is 2.88. The molecule has 0 radical (unpaired) electrons. The summed E-state index contributed by atoms with van der Waals surface area (Å²) in [6.45, 7) is 4.29. The van der Waals surface area contributed by atoms with Crippen LogP contribution in [0.5, 0.6) is 0 Å². The van der Waals surface area contributed by atoms with Gasteiger partial charge in [0.05, 0.1) is 11.2 Å². The van der Waals surface area contributed by atoms with E-state index in [-0.39, 0.29) is 0 Å². The number of benzene rings is 2. The van der Waals surface area contributed by atoms with Crippen LogP contribution in [0.4, 0.5) is 0 Å². The molecule has 2 aromatic carbocycles. The minimum Gasteiger partial charge on any atom is -0.248 e. The van der Waals surface area contributed by atoms with E-state index in [0.717, 1.165) is 17.1 Å². The highest BCUT2D eigenvalue weighted by atomic mass is 14.7. The van der Waals surface area contributed by atoms with Crippen LogP contribution in [0.15, 0.2) is 48.5 Å². The maximum Gasteiger partial charge on any atom is 0.0712 e. The van der Waals surface area contributed by atoms with Gasteiger partial charge in [-0.2, -0.15) is 0 Å². The lowest BCUT2D eigenvalue weighted by molar-refractivity contribution is 0.315. The minimum atomic E-state index is 0.889. The van der Waals surface area contributed by atoms with Crippen molar-refractivity contribution >= 4 is 10.9 Å². The van der Waals surface area contributed by atoms with Crippen molar-refractivity contribution < 1.29 is 0 Å². The van der Waals surface area contributed by atoms with Crippen LogP contribution in [0, 0.1) is 19.8 Å². The van der Waals surface area contributed by atoms with Gasteiger partial charge in [0.2, 0.25) is 0 Å². The summed E-state index contributed by atoms with van der Waals surface area (Å²) in [4.78, 5) is 4.94. The van der Waals surface area contributed by atoms with E-state index in [1.807, 2.05) is 0 Å². The van der Waals surface area contributed by atoms with Gasteiger partial charge in [0.1, 0.15) is 0 Å². The summed E-state index contributed by atoms with van der Waals surface area (Å²) < 4.78 is 0. The van der Waals surface area contributed by atoms with Crippen LogP contribution in [0.1, 0.15) is 36.0 Å². The standard InChI is InChI=1S/C22H23N/c1-15-11-16(2)13-19(12-15)21-10-9-20-18(14-17-5-3-6-17)7-4-8-22(20)23-21/h4,7-13,17H,3,5-6,14H2,1-2H3. The molecule has 3 aromatic rings. The normalized spacial score (nSPS) is 14.9. The number of hydrogen-bond donors (Lipinski definition) is 0. The second-order valence-corrected chi connectivity index (χ2v) is 7.06. The average Bonchev–Trinajstić information content (AvgIpc) is 2.49. The fraction of sp³-hybridized carbons (Fsp3) is 0.318. The Balaban J connectivity index is 1.75. The van der Waals surface area contributed by atoms with Gasteiger partial charge in [-0.3, -0.25) is 0 Å². The largest absolute Gasteiger partial charge is 0.248 e. The lowest BCUT2D eigenvalue weighted by Crippen LogP contribution is -2.13. The molecule has 0 saturated heterocycles. The third-order valence-corrected chi connectivity index (χ3v) is 5.07. The van der Waals surface area contributed by atoms with Gasteiger partial charge >= 0.3 is 0 Å². The Bertz CT molecular complexity index is 839. The van der Waals surface area contributed by atoms with Crippen LogP contribution in [0.2, 0.25) is 0 Å². The van der Waals surface area contributed by atoms with E-state index in [9.17, 15) is 0 Å². The van der Waals surface area contributed by atoms with Gasteiger partial charge in [0, 0.05) is 10.9 Å². The third-order valence-electron chi connectivity index (χ3n) is 5.07. The number of rotatable bonds is 3. The summed E-state index contributed by atoms with van der Waals surface area (Å²) in [5.41, 5.74) is 7.46. The second-order valence-electron chi connectivity index (χ2n) is 7.06. The lowest BCUT2D eigenvalue weighted by Gasteiger charge is -2.25. The molecule has 0 unspecified atom stereocenters. The van der Waals surface area contributed by atoms with Gasteiger partial charge in [0.25, 0.3) is 0 Å². The molecule has 0 N–H and O–H groups in total. The highest BCUT2D eigenvalue weighted by Crippen LogP contribution is 2.32. The molecule has 0 atom stereocenters. The quantitative estimate of drug-likeness (QED) is 0.590. The Morgan fingerprint density at radius 3 is 2.43 bits per heavy atom. The van der Waals surface area contributed by atoms with Crippen LogP contribution in [0.3, 0.4) is 0 Å². The zero-order valence-corrected chi connectivity index (χ0v) is 14.0. The number of pyridine rings is 1. The fourth-order valence-corrected chi connectivity index (χ4v) is 3.69. The molecule has 1 aromatic heterocycles. The first-order chi connectivity index (χ1) is 11.2. The Morgan fingerprint density at radius 1 is 0.957 bits per heavy atom. The Labute approximate surface area is 138 Å². The summed E-state index contributed by atoms with van der Waals surface area (Å²) in [7, 11) is 0.